The van der Waals surface area contributed by atoms with Crippen molar-refractivity contribution in [1.82, 2.24) is 0 Å². The number of hydrogen-bond donors (Lipinski definition) is 0. The van der Waals surface area contributed by atoms with Crippen molar-refractivity contribution < 1.29 is 13.2 Å². The highest BCUT2D eigenvalue weighted by molar-refractivity contribution is 9.08. The second-order valence-electron chi connectivity index (χ2n) is 3.59. The molecule has 0 saturated heterocycles. The van der Waals surface area contributed by atoms with Gasteiger partial charge in [-0.15, -0.1) is 0 Å². The first kappa shape index (κ1) is 13.4. The quantitative estimate of drug-likeness (QED) is 0.760. The molecule has 0 fully saturated rings. The molecule has 0 spiro atoms. The number of rotatable bonds is 4. The summed E-state index contributed by atoms with van der Waals surface area (Å²) in [5.41, 5.74) is 1.90. The van der Waals surface area contributed by atoms with E-state index >= 15 is 0 Å². The third kappa shape index (κ3) is 4.43. The molecule has 0 heterocycles. The number of hydrogen-bond acceptors (Lipinski definition) is 1. The third-order valence-electron chi connectivity index (χ3n) is 2.26. The maximum absolute atomic E-state index is 12.0. The van der Waals surface area contributed by atoms with Gasteiger partial charge in [0.05, 0.1) is 6.42 Å². The molecule has 0 aliphatic rings. The number of alkyl halides is 4. The average Bonchev–Trinajstić information content (AvgIpc) is 2.25. The molecule has 0 amide bonds. The SMILES string of the molecule is CN(CCC(F)(F)F)c1ccc(CBr)cc1. The first-order chi connectivity index (χ1) is 7.42. The predicted octanol–water partition coefficient (Wildman–Crippen LogP) is 3.97. The molecular weight excluding hydrogens is 283 g/mol. The Morgan fingerprint density at radius 1 is 1.19 bits per heavy atom. The zero-order chi connectivity index (χ0) is 12.2. The van der Waals surface area contributed by atoms with Gasteiger partial charge in [0.25, 0.3) is 0 Å². The largest absolute Gasteiger partial charge is 0.390 e. The topological polar surface area (TPSA) is 3.24 Å². The minimum Gasteiger partial charge on any atom is -0.374 e. The van der Waals surface area contributed by atoms with E-state index in [1.165, 1.54) is 0 Å². The standard InChI is InChI=1S/C11H13BrF3N/c1-16(7-6-11(13,14)15)10-4-2-9(8-12)3-5-10/h2-5H,6-8H2,1H3. The Morgan fingerprint density at radius 2 is 1.75 bits per heavy atom. The second-order valence-corrected chi connectivity index (χ2v) is 4.15. The molecule has 0 bridgehead atoms. The summed E-state index contributed by atoms with van der Waals surface area (Å²) in [7, 11) is 1.66. The first-order valence-corrected chi connectivity index (χ1v) is 5.97. The van der Waals surface area contributed by atoms with Crippen LogP contribution in [0.4, 0.5) is 18.9 Å². The maximum atomic E-state index is 12.0. The third-order valence-corrected chi connectivity index (χ3v) is 2.91. The van der Waals surface area contributed by atoms with Gasteiger partial charge in [-0.3, -0.25) is 0 Å². The minimum absolute atomic E-state index is 0.0167. The Kier molecular flexibility index (Phi) is 4.65. The molecule has 90 valence electrons. The lowest BCUT2D eigenvalue weighted by molar-refractivity contribution is -0.132. The molecule has 0 N–H and O–H groups in total. The summed E-state index contributed by atoms with van der Waals surface area (Å²) in [6.45, 7) is -0.0167. The van der Waals surface area contributed by atoms with Crippen LogP contribution < -0.4 is 4.90 Å². The average molecular weight is 296 g/mol. The monoisotopic (exact) mass is 295 g/mol. The van der Waals surface area contributed by atoms with Crippen molar-refractivity contribution in [3.63, 3.8) is 0 Å². The summed E-state index contributed by atoms with van der Waals surface area (Å²) in [6.07, 6.45) is -4.88. The molecule has 0 aromatic heterocycles. The Labute approximate surface area is 101 Å². The van der Waals surface area contributed by atoms with E-state index in [9.17, 15) is 13.2 Å². The van der Waals surface area contributed by atoms with E-state index in [1.807, 2.05) is 24.3 Å². The molecular formula is C11H13BrF3N. The Hall–Kier alpha value is -0.710. The van der Waals surface area contributed by atoms with Crippen LogP contribution in [0.5, 0.6) is 0 Å². The van der Waals surface area contributed by atoms with E-state index in [2.05, 4.69) is 15.9 Å². The summed E-state index contributed by atoms with van der Waals surface area (Å²) in [6, 6.07) is 7.45. The minimum atomic E-state index is -4.09. The highest BCUT2D eigenvalue weighted by Crippen LogP contribution is 2.22. The van der Waals surface area contributed by atoms with Crippen LogP contribution in [0, 0.1) is 0 Å². The van der Waals surface area contributed by atoms with E-state index in [0.717, 1.165) is 16.6 Å². The molecule has 0 aliphatic heterocycles. The summed E-state index contributed by atoms with van der Waals surface area (Å²) in [5, 5.41) is 0.750. The second kappa shape index (κ2) is 5.57. The molecule has 0 radical (unpaired) electrons. The van der Waals surface area contributed by atoms with Gasteiger partial charge in [-0.2, -0.15) is 13.2 Å². The van der Waals surface area contributed by atoms with Crippen molar-refractivity contribution in [1.29, 1.82) is 0 Å². The molecule has 0 saturated carbocycles. The fourth-order valence-corrected chi connectivity index (χ4v) is 1.64. The molecule has 1 nitrogen and oxygen atoms in total. The maximum Gasteiger partial charge on any atom is 0.390 e. The van der Waals surface area contributed by atoms with Gasteiger partial charge >= 0.3 is 6.18 Å². The molecule has 0 atom stereocenters. The lowest BCUT2D eigenvalue weighted by Gasteiger charge is -2.20. The highest BCUT2D eigenvalue weighted by atomic mass is 79.9. The molecule has 1 rings (SSSR count). The van der Waals surface area contributed by atoms with E-state index in [1.54, 1.807) is 11.9 Å². The summed E-state index contributed by atoms with van der Waals surface area (Å²) >= 11 is 3.31. The van der Waals surface area contributed by atoms with Crippen molar-refractivity contribution in [3.05, 3.63) is 29.8 Å². The molecule has 0 unspecified atom stereocenters. The van der Waals surface area contributed by atoms with E-state index in [0.29, 0.717) is 0 Å². The van der Waals surface area contributed by atoms with E-state index < -0.39 is 12.6 Å². The molecule has 1 aromatic rings. The zero-order valence-corrected chi connectivity index (χ0v) is 10.5. The van der Waals surface area contributed by atoms with Gasteiger partial charge in [-0.05, 0) is 17.7 Å². The number of anilines is 1. The molecule has 5 heteroatoms. The van der Waals surface area contributed by atoms with Gasteiger partial charge in [-0.25, -0.2) is 0 Å². The molecule has 0 aliphatic carbocycles. The van der Waals surface area contributed by atoms with Crippen molar-refractivity contribution in [2.24, 2.45) is 0 Å². The first-order valence-electron chi connectivity index (χ1n) is 4.85. The van der Waals surface area contributed by atoms with Crippen LogP contribution in [0.25, 0.3) is 0 Å². The normalized spacial score (nSPS) is 11.6. The summed E-state index contributed by atoms with van der Waals surface area (Å²) < 4.78 is 36.1. The Morgan fingerprint density at radius 3 is 2.19 bits per heavy atom. The Bertz CT molecular complexity index is 321. The predicted molar refractivity (Wildman–Crippen MR) is 63.0 cm³/mol. The summed E-state index contributed by atoms with van der Waals surface area (Å²) in [4.78, 5) is 1.60. The van der Waals surface area contributed by atoms with Gasteiger partial charge in [0.15, 0.2) is 0 Å². The van der Waals surface area contributed by atoms with Crippen LogP contribution in [0.3, 0.4) is 0 Å². The van der Waals surface area contributed by atoms with Crippen molar-refractivity contribution >= 4 is 21.6 Å². The van der Waals surface area contributed by atoms with Crippen LogP contribution in [-0.4, -0.2) is 19.8 Å². The van der Waals surface area contributed by atoms with Crippen molar-refractivity contribution in [2.45, 2.75) is 17.9 Å². The lowest BCUT2D eigenvalue weighted by atomic mass is 10.2. The van der Waals surface area contributed by atoms with Crippen LogP contribution in [0.2, 0.25) is 0 Å². The van der Waals surface area contributed by atoms with Crippen LogP contribution in [-0.2, 0) is 5.33 Å². The van der Waals surface area contributed by atoms with Gasteiger partial charge in [-0.1, -0.05) is 28.1 Å². The summed E-state index contributed by atoms with van der Waals surface area (Å²) in [5.74, 6) is 0. The number of benzene rings is 1. The number of halogens is 4. The van der Waals surface area contributed by atoms with Crippen LogP contribution in [0.15, 0.2) is 24.3 Å². The fraction of sp³-hybridized carbons (Fsp3) is 0.455. The van der Waals surface area contributed by atoms with Gasteiger partial charge < -0.3 is 4.90 Å². The van der Waals surface area contributed by atoms with Crippen molar-refractivity contribution in [3.8, 4) is 0 Å². The smallest absolute Gasteiger partial charge is 0.374 e. The number of nitrogens with zero attached hydrogens (tertiary/aromatic N) is 1. The van der Waals surface area contributed by atoms with Gasteiger partial charge in [0, 0.05) is 24.6 Å². The lowest BCUT2D eigenvalue weighted by Crippen LogP contribution is -2.23. The van der Waals surface area contributed by atoms with E-state index in [4.69, 9.17) is 0 Å². The van der Waals surface area contributed by atoms with Crippen LogP contribution in [0.1, 0.15) is 12.0 Å². The van der Waals surface area contributed by atoms with Gasteiger partial charge in [0.2, 0.25) is 0 Å². The molecule has 1 aromatic carbocycles. The molecule has 16 heavy (non-hydrogen) atoms. The fourth-order valence-electron chi connectivity index (χ4n) is 1.26. The van der Waals surface area contributed by atoms with Gasteiger partial charge in [0.1, 0.15) is 0 Å². The van der Waals surface area contributed by atoms with Crippen molar-refractivity contribution in [2.75, 3.05) is 18.5 Å². The Balaban J connectivity index is 2.56. The highest BCUT2D eigenvalue weighted by Gasteiger charge is 2.27. The van der Waals surface area contributed by atoms with E-state index in [-0.39, 0.29) is 6.54 Å². The van der Waals surface area contributed by atoms with Crippen LogP contribution >= 0.6 is 15.9 Å². The zero-order valence-electron chi connectivity index (χ0n) is 8.89.